The number of carbonyl (C=O) groups excluding carboxylic acids is 1. The molecule has 1 fully saturated rings. The van der Waals surface area contributed by atoms with Crippen molar-refractivity contribution in [2.75, 3.05) is 0 Å². The van der Waals surface area contributed by atoms with E-state index in [9.17, 15) is 4.79 Å². The number of nitrogens with one attached hydrogen (secondary N) is 1. The second-order valence-electron chi connectivity index (χ2n) is 5.78. The van der Waals surface area contributed by atoms with Crippen LogP contribution in [0, 0.1) is 0 Å². The average Bonchev–Trinajstić information content (AvgIpc) is 3.44. The summed E-state index contributed by atoms with van der Waals surface area (Å²) in [6, 6.07) is 13.4. The minimum absolute atomic E-state index is 0.192. The van der Waals surface area contributed by atoms with Gasteiger partial charge < -0.3 is 5.32 Å². The number of hydrogen-bond donors (Lipinski definition) is 1. The fourth-order valence-corrected chi connectivity index (χ4v) is 2.57. The molecule has 3 aromatic rings. The highest BCUT2D eigenvalue weighted by Gasteiger charge is 2.25. The molecule has 23 heavy (non-hydrogen) atoms. The molecule has 1 saturated carbocycles. The zero-order valence-corrected chi connectivity index (χ0v) is 12.6. The van der Waals surface area contributed by atoms with Crippen LogP contribution < -0.4 is 5.32 Å². The van der Waals surface area contributed by atoms with Gasteiger partial charge >= 0.3 is 0 Å². The van der Waals surface area contributed by atoms with E-state index < -0.39 is 0 Å². The average molecular weight is 304 g/mol. The lowest BCUT2D eigenvalue weighted by Crippen LogP contribution is -2.24. The summed E-state index contributed by atoms with van der Waals surface area (Å²) in [6.07, 6.45) is 3.97. The lowest BCUT2D eigenvalue weighted by Gasteiger charge is -2.06. The van der Waals surface area contributed by atoms with Crippen molar-refractivity contribution in [2.45, 2.75) is 25.3 Å². The van der Waals surface area contributed by atoms with E-state index in [1.54, 1.807) is 12.4 Å². The molecule has 5 nitrogen and oxygen atoms in total. The van der Waals surface area contributed by atoms with Crippen LogP contribution in [0.4, 0.5) is 0 Å². The third-order valence-electron chi connectivity index (χ3n) is 4.00. The standard InChI is InChI=1S/C18H16N4O/c23-18(16-8-7-12-3-1-2-4-15(12)22-16)19-10-14-9-17(13-5-6-13)21-11-20-14/h1-4,7-9,11,13H,5-6,10H2,(H,19,23). The molecule has 2 aromatic heterocycles. The Kier molecular flexibility index (Phi) is 3.46. The maximum atomic E-state index is 12.3. The van der Waals surface area contributed by atoms with Gasteiger partial charge in [-0.1, -0.05) is 24.3 Å². The van der Waals surface area contributed by atoms with E-state index in [2.05, 4.69) is 20.3 Å². The second kappa shape index (κ2) is 5.76. The largest absolute Gasteiger partial charge is 0.345 e. The summed E-state index contributed by atoms with van der Waals surface area (Å²) in [5, 5.41) is 3.90. The summed E-state index contributed by atoms with van der Waals surface area (Å²) in [6.45, 7) is 0.385. The summed E-state index contributed by atoms with van der Waals surface area (Å²) in [5.74, 6) is 0.386. The normalized spacial score (nSPS) is 13.9. The van der Waals surface area contributed by atoms with Crippen molar-refractivity contribution in [1.82, 2.24) is 20.3 Å². The fourth-order valence-electron chi connectivity index (χ4n) is 2.57. The molecule has 1 aliphatic rings. The Balaban J connectivity index is 1.47. The molecule has 1 aromatic carbocycles. The number of fused-ring (bicyclic) bond motifs is 1. The van der Waals surface area contributed by atoms with E-state index >= 15 is 0 Å². The van der Waals surface area contributed by atoms with E-state index in [0.717, 1.165) is 22.3 Å². The third kappa shape index (κ3) is 3.04. The highest BCUT2D eigenvalue weighted by molar-refractivity contribution is 5.94. The minimum Gasteiger partial charge on any atom is -0.345 e. The SMILES string of the molecule is O=C(NCc1cc(C2CC2)ncn1)c1ccc2ccccc2n1. The van der Waals surface area contributed by atoms with Crippen molar-refractivity contribution < 1.29 is 4.79 Å². The summed E-state index contributed by atoms with van der Waals surface area (Å²) in [7, 11) is 0. The van der Waals surface area contributed by atoms with Gasteiger partial charge in [0.2, 0.25) is 0 Å². The van der Waals surface area contributed by atoms with E-state index in [0.29, 0.717) is 18.2 Å². The molecule has 0 spiro atoms. The molecular formula is C18H16N4O. The molecule has 5 heteroatoms. The zero-order chi connectivity index (χ0) is 15.6. The first-order chi connectivity index (χ1) is 11.3. The predicted molar refractivity (Wildman–Crippen MR) is 86.9 cm³/mol. The number of hydrogen-bond acceptors (Lipinski definition) is 4. The molecule has 0 radical (unpaired) electrons. The van der Waals surface area contributed by atoms with Crippen molar-refractivity contribution >= 4 is 16.8 Å². The number of amides is 1. The minimum atomic E-state index is -0.192. The monoisotopic (exact) mass is 304 g/mol. The number of carbonyl (C=O) groups is 1. The fraction of sp³-hybridized carbons (Fsp3) is 0.222. The van der Waals surface area contributed by atoms with Crippen LogP contribution in [0.2, 0.25) is 0 Å². The molecule has 2 heterocycles. The van der Waals surface area contributed by atoms with Gasteiger partial charge in [0.1, 0.15) is 12.0 Å². The van der Waals surface area contributed by atoms with Gasteiger partial charge in [-0.2, -0.15) is 0 Å². The van der Waals surface area contributed by atoms with Gasteiger partial charge in [-0.15, -0.1) is 0 Å². The molecule has 1 aliphatic carbocycles. The molecule has 0 bridgehead atoms. The third-order valence-corrected chi connectivity index (χ3v) is 4.00. The van der Waals surface area contributed by atoms with Crippen molar-refractivity contribution in [3.05, 3.63) is 65.9 Å². The van der Waals surface area contributed by atoms with Gasteiger partial charge in [-0.25, -0.2) is 15.0 Å². The second-order valence-corrected chi connectivity index (χ2v) is 5.78. The van der Waals surface area contributed by atoms with Gasteiger partial charge in [0.15, 0.2) is 0 Å². The van der Waals surface area contributed by atoms with Crippen LogP contribution in [0.15, 0.2) is 48.8 Å². The van der Waals surface area contributed by atoms with Gasteiger partial charge in [-0.3, -0.25) is 4.79 Å². The number of pyridine rings is 1. The predicted octanol–water partition coefficient (Wildman–Crippen LogP) is 2.83. The van der Waals surface area contributed by atoms with Crippen molar-refractivity contribution in [3.63, 3.8) is 0 Å². The van der Waals surface area contributed by atoms with Gasteiger partial charge in [0, 0.05) is 17.0 Å². The first kappa shape index (κ1) is 13.8. The Labute approximate surface area is 133 Å². The van der Waals surface area contributed by atoms with Crippen LogP contribution in [0.25, 0.3) is 10.9 Å². The van der Waals surface area contributed by atoms with E-state index in [4.69, 9.17) is 0 Å². The van der Waals surface area contributed by atoms with Crippen molar-refractivity contribution in [2.24, 2.45) is 0 Å². The maximum absolute atomic E-state index is 12.3. The number of para-hydroxylation sites is 1. The Bertz CT molecular complexity index is 874. The Morgan fingerprint density at radius 2 is 2.00 bits per heavy atom. The smallest absolute Gasteiger partial charge is 0.270 e. The molecule has 1 amide bonds. The summed E-state index contributed by atoms with van der Waals surface area (Å²) >= 11 is 0. The Morgan fingerprint density at radius 3 is 2.87 bits per heavy atom. The summed E-state index contributed by atoms with van der Waals surface area (Å²) in [4.78, 5) is 25.2. The van der Waals surface area contributed by atoms with E-state index in [-0.39, 0.29) is 5.91 Å². The van der Waals surface area contributed by atoms with Crippen LogP contribution in [0.3, 0.4) is 0 Å². The molecule has 1 N–H and O–H groups in total. The molecule has 0 atom stereocenters. The number of aromatic nitrogens is 3. The van der Waals surface area contributed by atoms with Crippen molar-refractivity contribution in [3.8, 4) is 0 Å². The van der Waals surface area contributed by atoms with Gasteiger partial charge in [-0.05, 0) is 31.0 Å². The Hall–Kier alpha value is -2.82. The van der Waals surface area contributed by atoms with Crippen LogP contribution in [0.1, 0.15) is 40.6 Å². The Morgan fingerprint density at radius 1 is 1.13 bits per heavy atom. The molecular weight excluding hydrogens is 288 g/mol. The number of nitrogens with zero attached hydrogens (tertiary/aromatic N) is 3. The zero-order valence-electron chi connectivity index (χ0n) is 12.6. The van der Waals surface area contributed by atoms with E-state index in [1.807, 2.05) is 36.4 Å². The molecule has 0 saturated heterocycles. The van der Waals surface area contributed by atoms with Gasteiger partial charge in [0.25, 0.3) is 5.91 Å². The van der Waals surface area contributed by atoms with Crippen LogP contribution in [-0.4, -0.2) is 20.9 Å². The summed E-state index contributed by atoms with van der Waals surface area (Å²) < 4.78 is 0. The quantitative estimate of drug-likeness (QED) is 0.805. The molecule has 0 aliphatic heterocycles. The molecule has 4 rings (SSSR count). The van der Waals surface area contributed by atoms with Crippen molar-refractivity contribution in [1.29, 1.82) is 0 Å². The first-order valence-corrected chi connectivity index (χ1v) is 7.74. The first-order valence-electron chi connectivity index (χ1n) is 7.74. The highest BCUT2D eigenvalue weighted by atomic mass is 16.1. The highest BCUT2D eigenvalue weighted by Crippen LogP contribution is 2.38. The molecule has 0 unspecified atom stereocenters. The molecule has 114 valence electrons. The lowest BCUT2D eigenvalue weighted by molar-refractivity contribution is 0.0946. The topological polar surface area (TPSA) is 67.8 Å². The van der Waals surface area contributed by atoms with Crippen LogP contribution in [0.5, 0.6) is 0 Å². The lowest BCUT2D eigenvalue weighted by atomic mass is 10.2. The number of rotatable bonds is 4. The van der Waals surface area contributed by atoms with Gasteiger partial charge in [0.05, 0.1) is 17.8 Å². The van der Waals surface area contributed by atoms with Crippen LogP contribution >= 0.6 is 0 Å². The number of benzene rings is 1. The summed E-state index contributed by atoms with van der Waals surface area (Å²) in [5.41, 5.74) is 3.14. The maximum Gasteiger partial charge on any atom is 0.270 e. The van der Waals surface area contributed by atoms with Crippen LogP contribution in [-0.2, 0) is 6.54 Å². The van der Waals surface area contributed by atoms with E-state index in [1.165, 1.54) is 12.8 Å².